The Morgan fingerprint density at radius 2 is 1.81 bits per heavy atom. The van der Waals surface area contributed by atoms with Crippen molar-refractivity contribution in [3.8, 4) is 11.5 Å². The fraction of sp³-hybridized carbons (Fsp3) is 0.296. The van der Waals surface area contributed by atoms with Crippen molar-refractivity contribution in [2.75, 3.05) is 27.3 Å². The number of allylic oxidation sites excluding steroid dienone is 7. The standard InChI is InChI=1S/C27H30N2O3/c1-19(2)28-14-12-20(13-15-28)23-8-10-24-7-5-6-21(17-27(30)29(24)18-23)22-9-11-25(31-3)26(16-22)32-4/h5-12,16-19H,13-15H2,1-4H3/b6-5+,21-17+,24-7+. The van der Waals surface area contributed by atoms with Crippen molar-refractivity contribution in [2.45, 2.75) is 26.3 Å². The minimum Gasteiger partial charge on any atom is -0.493 e. The van der Waals surface area contributed by atoms with E-state index in [2.05, 4.69) is 30.9 Å². The van der Waals surface area contributed by atoms with Crippen molar-refractivity contribution >= 4 is 11.5 Å². The summed E-state index contributed by atoms with van der Waals surface area (Å²) in [6.45, 7) is 6.44. The molecule has 0 bridgehead atoms. The third-order valence-corrected chi connectivity index (χ3v) is 6.10. The number of rotatable bonds is 5. The maximum atomic E-state index is 13.2. The molecule has 1 aromatic rings. The van der Waals surface area contributed by atoms with Gasteiger partial charge in [0.15, 0.2) is 11.5 Å². The number of methoxy groups -OCH3 is 2. The molecule has 3 aliphatic rings. The second-order valence-corrected chi connectivity index (χ2v) is 8.31. The highest BCUT2D eigenvalue weighted by Gasteiger charge is 2.22. The van der Waals surface area contributed by atoms with Gasteiger partial charge in [-0.15, -0.1) is 0 Å². The molecule has 3 aliphatic heterocycles. The molecule has 0 saturated heterocycles. The van der Waals surface area contributed by atoms with Gasteiger partial charge in [-0.05, 0) is 66.8 Å². The van der Waals surface area contributed by atoms with Crippen LogP contribution in [0.1, 0.15) is 25.8 Å². The van der Waals surface area contributed by atoms with Gasteiger partial charge in [-0.3, -0.25) is 14.6 Å². The Hall–Kier alpha value is -3.31. The van der Waals surface area contributed by atoms with E-state index < -0.39 is 0 Å². The molecule has 0 fully saturated rings. The van der Waals surface area contributed by atoms with E-state index in [0.29, 0.717) is 17.5 Å². The van der Waals surface area contributed by atoms with Crippen LogP contribution in [-0.4, -0.2) is 49.1 Å². The third-order valence-electron chi connectivity index (χ3n) is 6.10. The third kappa shape index (κ3) is 4.48. The van der Waals surface area contributed by atoms with Crippen molar-refractivity contribution in [3.63, 3.8) is 0 Å². The average Bonchev–Trinajstić information content (AvgIpc) is 2.81. The predicted molar refractivity (Wildman–Crippen MR) is 128 cm³/mol. The summed E-state index contributed by atoms with van der Waals surface area (Å²) in [5, 5.41) is 0. The number of hydrogen-bond acceptors (Lipinski definition) is 4. The number of benzene rings is 1. The number of amides is 1. The molecule has 0 aromatic heterocycles. The van der Waals surface area contributed by atoms with Crippen molar-refractivity contribution in [3.05, 3.63) is 89.3 Å². The molecule has 5 nitrogen and oxygen atoms in total. The highest BCUT2D eigenvalue weighted by molar-refractivity contribution is 6.00. The van der Waals surface area contributed by atoms with Crippen molar-refractivity contribution < 1.29 is 14.3 Å². The lowest BCUT2D eigenvalue weighted by Gasteiger charge is -2.31. The molecule has 0 saturated carbocycles. The second-order valence-electron chi connectivity index (χ2n) is 8.31. The van der Waals surface area contributed by atoms with Crippen molar-refractivity contribution in [1.82, 2.24) is 9.80 Å². The molecule has 0 N–H and O–H groups in total. The van der Waals surface area contributed by atoms with Crippen LogP contribution in [0.4, 0.5) is 0 Å². The summed E-state index contributed by atoms with van der Waals surface area (Å²) in [5.41, 5.74) is 4.97. The molecule has 1 amide bonds. The van der Waals surface area contributed by atoms with Gasteiger partial charge < -0.3 is 9.47 Å². The van der Waals surface area contributed by atoms with Crippen LogP contribution in [0.5, 0.6) is 11.5 Å². The lowest BCUT2D eigenvalue weighted by atomic mass is 9.96. The van der Waals surface area contributed by atoms with Crippen LogP contribution in [0.25, 0.3) is 5.57 Å². The van der Waals surface area contributed by atoms with Crippen LogP contribution in [-0.2, 0) is 4.79 Å². The Balaban J connectivity index is 1.62. The van der Waals surface area contributed by atoms with Gasteiger partial charge in [0.25, 0.3) is 5.91 Å². The van der Waals surface area contributed by atoms with E-state index in [0.717, 1.165) is 41.9 Å². The molecule has 4 rings (SSSR count). The van der Waals surface area contributed by atoms with Crippen molar-refractivity contribution in [2.24, 2.45) is 0 Å². The van der Waals surface area contributed by atoms with Crippen LogP contribution in [0.15, 0.2) is 83.8 Å². The first-order chi connectivity index (χ1) is 15.5. The van der Waals surface area contributed by atoms with E-state index in [-0.39, 0.29) is 5.91 Å². The summed E-state index contributed by atoms with van der Waals surface area (Å²) in [7, 11) is 3.22. The van der Waals surface area contributed by atoms with E-state index >= 15 is 0 Å². The predicted octanol–water partition coefficient (Wildman–Crippen LogP) is 4.86. The minimum atomic E-state index is -0.0764. The zero-order chi connectivity index (χ0) is 22.7. The largest absolute Gasteiger partial charge is 0.493 e. The van der Waals surface area contributed by atoms with Gasteiger partial charge in [0, 0.05) is 37.1 Å². The lowest BCUT2D eigenvalue weighted by molar-refractivity contribution is -0.122. The van der Waals surface area contributed by atoms with Crippen LogP contribution in [0, 0.1) is 0 Å². The summed E-state index contributed by atoms with van der Waals surface area (Å²) < 4.78 is 10.8. The van der Waals surface area contributed by atoms with Crippen molar-refractivity contribution in [1.29, 1.82) is 0 Å². The van der Waals surface area contributed by atoms with Gasteiger partial charge in [-0.2, -0.15) is 0 Å². The summed E-state index contributed by atoms with van der Waals surface area (Å²) >= 11 is 0. The van der Waals surface area contributed by atoms with Gasteiger partial charge in [0.1, 0.15) is 0 Å². The quantitative estimate of drug-likeness (QED) is 0.669. The molecular weight excluding hydrogens is 400 g/mol. The number of carbonyl (C=O) groups is 1. The van der Waals surface area contributed by atoms with E-state index in [1.807, 2.05) is 48.7 Å². The molecule has 3 heterocycles. The SMILES string of the molecule is COc1ccc(C2=C\C(=O)N3C=C(C4=CCN(C(C)C)CC4)C=C\C3=C/C=C/2)cc1OC. The van der Waals surface area contributed by atoms with Gasteiger partial charge in [0.05, 0.1) is 14.2 Å². The number of hydrogen-bond donors (Lipinski definition) is 0. The Morgan fingerprint density at radius 3 is 2.50 bits per heavy atom. The Bertz CT molecular complexity index is 1090. The molecule has 0 atom stereocenters. The maximum Gasteiger partial charge on any atom is 0.255 e. The van der Waals surface area contributed by atoms with Crippen LogP contribution >= 0.6 is 0 Å². The number of ether oxygens (including phenoxy) is 2. The Kier molecular flexibility index (Phi) is 6.47. The molecule has 166 valence electrons. The normalized spacial score (nSPS) is 23.2. The summed E-state index contributed by atoms with van der Waals surface area (Å²) in [6, 6.07) is 6.22. The molecule has 0 unspecified atom stereocenters. The monoisotopic (exact) mass is 430 g/mol. The van der Waals surface area contributed by atoms with Crippen LogP contribution in [0.3, 0.4) is 0 Å². The smallest absolute Gasteiger partial charge is 0.255 e. The van der Waals surface area contributed by atoms with E-state index in [4.69, 9.17) is 9.47 Å². The average molecular weight is 431 g/mol. The summed E-state index contributed by atoms with van der Waals surface area (Å²) in [6.07, 6.45) is 16.9. The topological polar surface area (TPSA) is 42.0 Å². The molecule has 32 heavy (non-hydrogen) atoms. The summed E-state index contributed by atoms with van der Waals surface area (Å²) in [5.74, 6) is 1.21. The van der Waals surface area contributed by atoms with Crippen LogP contribution < -0.4 is 9.47 Å². The number of carbonyl (C=O) groups excluding carboxylic acids is 1. The number of fused-ring (bicyclic) bond motifs is 1. The lowest BCUT2D eigenvalue weighted by Crippen LogP contribution is -2.35. The zero-order valence-corrected chi connectivity index (χ0v) is 19.2. The van der Waals surface area contributed by atoms with Gasteiger partial charge in [-0.1, -0.05) is 30.4 Å². The molecule has 0 radical (unpaired) electrons. The molecule has 0 aliphatic carbocycles. The summed E-state index contributed by atoms with van der Waals surface area (Å²) in [4.78, 5) is 17.4. The molecular formula is C27H30N2O3. The second kappa shape index (κ2) is 9.45. The number of nitrogens with zero attached hydrogens (tertiary/aromatic N) is 2. The minimum absolute atomic E-state index is 0.0764. The zero-order valence-electron chi connectivity index (χ0n) is 19.2. The first kappa shape index (κ1) is 21.9. The Labute approximate surface area is 190 Å². The molecule has 0 spiro atoms. The first-order valence-corrected chi connectivity index (χ1v) is 11.0. The maximum absolute atomic E-state index is 13.2. The highest BCUT2D eigenvalue weighted by atomic mass is 16.5. The van der Waals surface area contributed by atoms with E-state index in [1.165, 1.54) is 5.57 Å². The molecule has 5 heteroatoms. The first-order valence-electron chi connectivity index (χ1n) is 11.0. The fourth-order valence-electron chi connectivity index (χ4n) is 4.14. The van der Waals surface area contributed by atoms with Gasteiger partial charge in [0.2, 0.25) is 0 Å². The van der Waals surface area contributed by atoms with Gasteiger partial charge >= 0.3 is 0 Å². The van der Waals surface area contributed by atoms with E-state index in [9.17, 15) is 4.79 Å². The molecule has 1 aromatic carbocycles. The van der Waals surface area contributed by atoms with E-state index in [1.54, 1.807) is 25.2 Å². The highest BCUT2D eigenvalue weighted by Crippen LogP contribution is 2.32. The fourth-order valence-corrected chi connectivity index (χ4v) is 4.14. The van der Waals surface area contributed by atoms with Gasteiger partial charge in [-0.25, -0.2) is 0 Å². The Morgan fingerprint density at radius 1 is 1.00 bits per heavy atom. The van der Waals surface area contributed by atoms with Crippen LogP contribution in [0.2, 0.25) is 0 Å².